The van der Waals surface area contributed by atoms with E-state index in [1.54, 1.807) is 0 Å². The Bertz CT molecular complexity index is 842. The topological polar surface area (TPSA) is 21.3 Å². The van der Waals surface area contributed by atoms with Gasteiger partial charge < -0.3 is 10.1 Å². The summed E-state index contributed by atoms with van der Waals surface area (Å²) in [5, 5.41) is 3.71. The van der Waals surface area contributed by atoms with Gasteiger partial charge in [-0.05, 0) is 116 Å². The summed E-state index contributed by atoms with van der Waals surface area (Å²) in [7, 11) is 4.13. The zero-order valence-electron chi connectivity index (χ0n) is 24.1. The number of fused-ring (bicyclic) bond motifs is 7. The van der Waals surface area contributed by atoms with Gasteiger partial charge in [0.15, 0.2) is 0 Å². The number of allylic oxidation sites excluding steroid dienone is 2. The fraction of sp³-hybridized carbons (Fsp3) is 0.938. The van der Waals surface area contributed by atoms with Crippen molar-refractivity contribution in [3.8, 4) is 0 Å². The van der Waals surface area contributed by atoms with Gasteiger partial charge in [0.05, 0.1) is 6.61 Å². The van der Waals surface area contributed by atoms with Gasteiger partial charge in [0.1, 0.15) is 0 Å². The van der Waals surface area contributed by atoms with Crippen LogP contribution in [0.15, 0.2) is 11.6 Å². The van der Waals surface area contributed by atoms with Crippen LogP contribution < -0.4 is 5.32 Å². The van der Waals surface area contributed by atoms with Crippen molar-refractivity contribution in [1.29, 1.82) is 0 Å². The Hall–Kier alpha value is -0.340. The number of rotatable bonds is 3. The van der Waals surface area contributed by atoms with Gasteiger partial charge in [-0.1, -0.05) is 60.1 Å². The van der Waals surface area contributed by atoms with Gasteiger partial charge in [0, 0.05) is 18.6 Å². The molecule has 5 aliphatic rings. The molecular formula is C32H55NO. The fourth-order valence-electron chi connectivity index (χ4n) is 11.4. The summed E-state index contributed by atoms with van der Waals surface area (Å²) >= 11 is 0. The molecule has 2 nitrogen and oxygen atoms in total. The molecular weight excluding hydrogens is 414 g/mol. The van der Waals surface area contributed by atoms with Gasteiger partial charge in [-0.15, -0.1) is 0 Å². The molecule has 0 aromatic heterocycles. The maximum atomic E-state index is 5.95. The average molecular weight is 470 g/mol. The SMILES string of the molecule is CN[C@H]1CC[C@@]2(C)C(CC[C@]3(C)[C@@H]2CC=C2[C@H]4CC(C)(C)CC[C@]4(COC)CC[C@]23C)C1(C)C. The molecule has 5 aliphatic carbocycles. The summed E-state index contributed by atoms with van der Waals surface area (Å²) in [6.07, 6.45) is 16.5. The molecule has 0 aliphatic heterocycles. The van der Waals surface area contributed by atoms with E-state index >= 15 is 0 Å². The van der Waals surface area contributed by atoms with Crippen molar-refractivity contribution in [2.24, 2.45) is 50.2 Å². The quantitative estimate of drug-likeness (QED) is 0.422. The van der Waals surface area contributed by atoms with Crippen LogP contribution in [0.3, 0.4) is 0 Å². The maximum absolute atomic E-state index is 5.95. The van der Waals surface area contributed by atoms with Crippen molar-refractivity contribution in [2.45, 2.75) is 119 Å². The molecule has 0 saturated heterocycles. The highest BCUT2D eigenvalue weighted by Crippen LogP contribution is 2.75. The van der Waals surface area contributed by atoms with E-state index in [4.69, 9.17) is 4.74 Å². The van der Waals surface area contributed by atoms with Crippen LogP contribution in [-0.4, -0.2) is 26.8 Å². The van der Waals surface area contributed by atoms with E-state index in [0.29, 0.717) is 38.5 Å². The van der Waals surface area contributed by atoms with Crippen molar-refractivity contribution < 1.29 is 4.74 Å². The third-order valence-electron chi connectivity index (χ3n) is 13.6. The van der Waals surface area contributed by atoms with Gasteiger partial charge in [0.2, 0.25) is 0 Å². The van der Waals surface area contributed by atoms with Crippen molar-refractivity contribution >= 4 is 0 Å². The van der Waals surface area contributed by atoms with Crippen LogP contribution in [0.2, 0.25) is 0 Å². The summed E-state index contributed by atoms with van der Waals surface area (Å²) in [5.41, 5.74) is 4.32. The maximum Gasteiger partial charge on any atom is 0.0524 e. The molecule has 0 amide bonds. The van der Waals surface area contributed by atoms with Gasteiger partial charge in [-0.25, -0.2) is 0 Å². The van der Waals surface area contributed by atoms with Crippen LogP contribution in [0.25, 0.3) is 0 Å². The number of ether oxygens (including phenoxy) is 1. The second-order valence-electron chi connectivity index (χ2n) is 15.7. The lowest BCUT2D eigenvalue weighted by atomic mass is 9.33. The molecule has 8 atom stereocenters. The largest absolute Gasteiger partial charge is 0.384 e. The monoisotopic (exact) mass is 469 g/mol. The summed E-state index contributed by atoms with van der Waals surface area (Å²) in [5.74, 6) is 2.36. The predicted octanol–water partition coefficient (Wildman–Crippen LogP) is 8.02. The molecule has 4 saturated carbocycles. The summed E-state index contributed by atoms with van der Waals surface area (Å²) in [6.45, 7) is 19.4. The van der Waals surface area contributed by atoms with Gasteiger partial charge >= 0.3 is 0 Å². The summed E-state index contributed by atoms with van der Waals surface area (Å²) < 4.78 is 5.95. The van der Waals surface area contributed by atoms with Gasteiger partial charge in [-0.3, -0.25) is 0 Å². The van der Waals surface area contributed by atoms with Crippen molar-refractivity contribution in [2.75, 3.05) is 20.8 Å². The van der Waals surface area contributed by atoms with Crippen molar-refractivity contribution in [3.05, 3.63) is 11.6 Å². The van der Waals surface area contributed by atoms with Crippen molar-refractivity contribution in [3.63, 3.8) is 0 Å². The predicted molar refractivity (Wildman–Crippen MR) is 144 cm³/mol. The highest BCUT2D eigenvalue weighted by atomic mass is 16.5. The minimum Gasteiger partial charge on any atom is -0.384 e. The number of hydrogen-bond donors (Lipinski definition) is 1. The molecule has 2 heteroatoms. The Labute approximate surface area is 211 Å². The first-order valence-electron chi connectivity index (χ1n) is 14.7. The Morgan fingerprint density at radius 2 is 1.59 bits per heavy atom. The zero-order valence-corrected chi connectivity index (χ0v) is 24.1. The molecule has 34 heavy (non-hydrogen) atoms. The molecule has 194 valence electrons. The lowest BCUT2D eigenvalue weighted by Crippen LogP contribution is -2.65. The normalized spacial score (nSPS) is 51.4. The Balaban J connectivity index is 1.56. The second kappa shape index (κ2) is 7.83. The Morgan fingerprint density at radius 3 is 2.26 bits per heavy atom. The Kier molecular flexibility index (Phi) is 5.83. The molecule has 0 aromatic rings. The molecule has 0 spiro atoms. The van der Waals surface area contributed by atoms with Crippen LogP contribution >= 0.6 is 0 Å². The first-order valence-corrected chi connectivity index (χ1v) is 14.7. The number of methoxy groups -OCH3 is 1. The van der Waals surface area contributed by atoms with E-state index in [2.05, 4.69) is 66.9 Å². The van der Waals surface area contributed by atoms with Crippen LogP contribution in [-0.2, 0) is 4.74 Å². The third-order valence-corrected chi connectivity index (χ3v) is 13.6. The van der Waals surface area contributed by atoms with E-state index < -0.39 is 0 Å². The molecule has 0 radical (unpaired) electrons. The van der Waals surface area contributed by atoms with E-state index in [-0.39, 0.29) is 0 Å². The van der Waals surface area contributed by atoms with Gasteiger partial charge in [0.25, 0.3) is 0 Å². The number of hydrogen-bond acceptors (Lipinski definition) is 2. The van der Waals surface area contributed by atoms with E-state index in [1.165, 1.54) is 64.2 Å². The zero-order chi connectivity index (χ0) is 24.8. The minimum atomic E-state index is 0.350. The molecule has 0 bridgehead atoms. The van der Waals surface area contributed by atoms with E-state index in [9.17, 15) is 0 Å². The first-order chi connectivity index (χ1) is 15.8. The van der Waals surface area contributed by atoms with Crippen molar-refractivity contribution in [1.82, 2.24) is 5.32 Å². The molecule has 0 aromatic carbocycles. The number of nitrogens with one attached hydrogen (secondary N) is 1. The molecule has 0 heterocycles. The standard InChI is InChI=1S/C32H55NO/c1-27(2)16-18-32(21-34-9)19-17-30(6)22(23(32)20-27)10-11-25-29(5)14-13-26(33-8)28(3,4)24(29)12-15-31(25,30)7/h10,23-26,33H,11-21H2,1-9H3/t23-,24?,25-,26+,29+,30-,31-,32-/m1/s1. The van der Waals surface area contributed by atoms with Crippen LogP contribution in [0.5, 0.6) is 0 Å². The Morgan fingerprint density at radius 1 is 0.882 bits per heavy atom. The lowest BCUT2D eigenvalue weighted by molar-refractivity contribution is -0.188. The molecule has 1 unspecified atom stereocenters. The average Bonchev–Trinajstić information content (AvgIpc) is 2.75. The summed E-state index contributed by atoms with van der Waals surface area (Å²) in [4.78, 5) is 0. The minimum absolute atomic E-state index is 0.350. The molecule has 1 N–H and O–H groups in total. The van der Waals surface area contributed by atoms with Crippen LogP contribution in [0.1, 0.15) is 113 Å². The smallest absolute Gasteiger partial charge is 0.0524 e. The highest BCUT2D eigenvalue weighted by molar-refractivity contribution is 5.34. The van der Waals surface area contributed by atoms with E-state index in [0.717, 1.165) is 24.4 Å². The lowest BCUT2D eigenvalue weighted by Gasteiger charge is -2.71. The van der Waals surface area contributed by atoms with Gasteiger partial charge in [-0.2, -0.15) is 0 Å². The second-order valence-corrected chi connectivity index (χ2v) is 15.7. The summed E-state index contributed by atoms with van der Waals surface area (Å²) in [6, 6.07) is 0.661. The molecule has 5 rings (SSSR count). The fourth-order valence-corrected chi connectivity index (χ4v) is 11.4. The third kappa shape index (κ3) is 3.19. The highest BCUT2D eigenvalue weighted by Gasteiger charge is 2.68. The van der Waals surface area contributed by atoms with E-state index in [1.807, 2.05) is 12.7 Å². The first kappa shape index (κ1) is 25.3. The van der Waals surface area contributed by atoms with Crippen LogP contribution in [0, 0.1) is 50.2 Å². The molecule has 4 fully saturated rings. The van der Waals surface area contributed by atoms with Crippen LogP contribution in [0.4, 0.5) is 0 Å².